The van der Waals surface area contributed by atoms with Gasteiger partial charge in [-0.2, -0.15) is 0 Å². The second-order valence-electron chi connectivity index (χ2n) is 6.90. The van der Waals surface area contributed by atoms with Gasteiger partial charge in [0.1, 0.15) is 0 Å². The lowest BCUT2D eigenvalue weighted by Gasteiger charge is -2.26. The highest BCUT2D eigenvalue weighted by atomic mass is 16.1. The lowest BCUT2D eigenvalue weighted by atomic mass is 9.89. The molecule has 2 rings (SSSR count). The zero-order chi connectivity index (χ0) is 15.2. The summed E-state index contributed by atoms with van der Waals surface area (Å²) in [5.41, 5.74) is 2.14. The maximum Gasteiger partial charge on any atom is 0.176 e. The summed E-state index contributed by atoms with van der Waals surface area (Å²) < 4.78 is 0. The van der Waals surface area contributed by atoms with Crippen LogP contribution in [0.5, 0.6) is 0 Å². The SMILES string of the molecule is CC(C)c1ccc(C(=O)CN(C)CC2CCCCC2)cc1. The summed E-state index contributed by atoms with van der Waals surface area (Å²) in [5.74, 6) is 1.55. The Bertz CT molecular complexity index is 443. The minimum atomic E-state index is 0.239. The monoisotopic (exact) mass is 287 g/mol. The highest BCUT2D eigenvalue weighted by molar-refractivity contribution is 5.97. The average molecular weight is 287 g/mol. The molecule has 0 atom stereocenters. The fourth-order valence-corrected chi connectivity index (χ4v) is 3.27. The van der Waals surface area contributed by atoms with Gasteiger partial charge in [-0.25, -0.2) is 0 Å². The number of Topliss-reactive ketones (excluding diaryl/α,β-unsaturated/α-hetero) is 1. The van der Waals surface area contributed by atoms with Crippen LogP contribution in [0.15, 0.2) is 24.3 Å². The Balaban J connectivity index is 1.84. The molecule has 2 nitrogen and oxygen atoms in total. The molecule has 1 fully saturated rings. The van der Waals surface area contributed by atoms with E-state index in [1.165, 1.54) is 37.7 Å². The second kappa shape index (κ2) is 7.74. The van der Waals surface area contributed by atoms with Crippen LogP contribution >= 0.6 is 0 Å². The Morgan fingerprint density at radius 1 is 1.14 bits per heavy atom. The maximum atomic E-state index is 12.3. The van der Waals surface area contributed by atoms with Crippen LogP contribution in [0.2, 0.25) is 0 Å². The number of carbonyl (C=O) groups excluding carboxylic acids is 1. The van der Waals surface area contributed by atoms with Crippen LogP contribution in [0.3, 0.4) is 0 Å². The van der Waals surface area contributed by atoms with Crippen molar-refractivity contribution in [2.75, 3.05) is 20.1 Å². The molecule has 116 valence electrons. The molecule has 1 aliphatic carbocycles. The number of hydrogen-bond donors (Lipinski definition) is 0. The minimum absolute atomic E-state index is 0.239. The Morgan fingerprint density at radius 3 is 2.33 bits per heavy atom. The van der Waals surface area contributed by atoms with Gasteiger partial charge >= 0.3 is 0 Å². The highest BCUT2D eigenvalue weighted by Gasteiger charge is 2.17. The molecule has 0 unspecified atom stereocenters. The molecule has 0 aliphatic heterocycles. The van der Waals surface area contributed by atoms with Crippen LogP contribution in [-0.4, -0.2) is 30.8 Å². The quantitative estimate of drug-likeness (QED) is 0.718. The van der Waals surface area contributed by atoms with Crippen LogP contribution in [0.1, 0.15) is 67.8 Å². The van der Waals surface area contributed by atoms with E-state index in [4.69, 9.17) is 0 Å². The number of hydrogen-bond acceptors (Lipinski definition) is 2. The summed E-state index contributed by atoms with van der Waals surface area (Å²) in [5, 5.41) is 0. The molecule has 0 aromatic heterocycles. The van der Waals surface area contributed by atoms with Crippen molar-refractivity contribution >= 4 is 5.78 Å². The van der Waals surface area contributed by atoms with Crippen molar-refractivity contribution < 1.29 is 4.79 Å². The van der Waals surface area contributed by atoms with Crippen molar-refractivity contribution in [3.63, 3.8) is 0 Å². The second-order valence-corrected chi connectivity index (χ2v) is 6.90. The van der Waals surface area contributed by atoms with E-state index < -0.39 is 0 Å². The van der Waals surface area contributed by atoms with E-state index in [9.17, 15) is 4.79 Å². The molecule has 1 aliphatic rings. The number of benzene rings is 1. The number of nitrogens with zero attached hydrogens (tertiary/aromatic N) is 1. The fourth-order valence-electron chi connectivity index (χ4n) is 3.27. The predicted molar refractivity (Wildman–Crippen MR) is 88.9 cm³/mol. The third-order valence-electron chi connectivity index (χ3n) is 4.61. The van der Waals surface area contributed by atoms with E-state index in [1.54, 1.807) is 0 Å². The molecular weight excluding hydrogens is 258 g/mol. The first kappa shape index (κ1) is 16.2. The molecule has 2 heteroatoms. The van der Waals surface area contributed by atoms with Gasteiger partial charge < -0.3 is 0 Å². The molecule has 0 amide bonds. The molecule has 0 spiro atoms. The largest absolute Gasteiger partial charge is 0.299 e. The number of carbonyl (C=O) groups is 1. The Hall–Kier alpha value is -1.15. The molecule has 0 radical (unpaired) electrons. The van der Waals surface area contributed by atoms with Gasteiger partial charge in [-0.1, -0.05) is 57.4 Å². The molecule has 0 N–H and O–H groups in total. The molecular formula is C19H29NO. The standard InChI is InChI=1S/C19H29NO/c1-15(2)17-9-11-18(12-10-17)19(21)14-20(3)13-16-7-5-4-6-8-16/h9-12,15-16H,4-8,13-14H2,1-3H3. The van der Waals surface area contributed by atoms with E-state index in [2.05, 4.69) is 37.9 Å². The van der Waals surface area contributed by atoms with Crippen LogP contribution in [0.4, 0.5) is 0 Å². The predicted octanol–water partition coefficient (Wildman–Crippen LogP) is 4.50. The van der Waals surface area contributed by atoms with Gasteiger partial charge in [0.05, 0.1) is 6.54 Å². The van der Waals surface area contributed by atoms with Crippen molar-refractivity contribution in [1.82, 2.24) is 4.90 Å². The summed E-state index contributed by atoms with van der Waals surface area (Å²) in [7, 11) is 2.08. The molecule has 0 bridgehead atoms. The molecule has 1 aromatic rings. The fraction of sp³-hybridized carbons (Fsp3) is 0.632. The first-order valence-electron chi connectivity index (χ1n) is 8.38. The van der Waals surface area contributed by atoms with E-state index in [1.807, 2.05) is 12.1 Å². The molecule has 1 aromatic carbocycles. The summed E-state index contributed by atoms with van der Waals surface area (Å²) >= 11 is 0. The van der Waals surface area contributed by atoms with Crippen LogP contribution in [0.25, 0.3) is 0 Å². The average Bonchev–Trinajstić information content (AvgIpc) is 2.48. The van der Waals surface area contributed by atoms with Gasteiger partial charge in [0, 0.05) is 12.1 Å². The molecule has 21 heavy (non-hydrogen) atoms. The highest BCUT2D eigenvalue weighted by Crippen LogP contribution is 2.24. The van der Waals surface area contributed by atoms with Crippen molar-refractivity contribution in [1.29, 1.82) is 0 Å². The van der Waals surface area contributed by atoms with Gasteiger partial charge in [0.2, 0.25) is 0 Å². The lowest BCUT2D eigenvalue weighted by Crippen LogP contribution is -2.31. The minimum Gasteiger partial charge on any atom is -0.299 e. The van der Waals surface area contributed by atoms with Gasteiger partial charge in [-0.3, -0.25) is 9.69 Å². The summed E-state index contributed by atoms with van der Waals surface area (Å²) in [6, 6.07) is 8.12. The summed E-state index contributed by atoms with van der Waals surface area (Å²) in [4.78, 5) is 14.5. The smallest absolute Gasteiger partial charge is 0.176 e. The Labute approximate surface area is 129 Å². The molecule has 0 saturated heterocycles. The van der Waals surface area contributed by atoms with E-state index in [0.29, 0.717) is 12.5 Å². The lowest BCUT2D eigenvalue weighted by molar-refractivity contribution is 0.0932. The first-order chi connectivity index (χ1) is 10.1. The third kappa shape index (κ3) is 4.96. The van der Waals surface area contributed by atoms with Crippen LogP contribution in [0, 0.1) is 5.92 Å². The van der Waals surface area contributed by atoms with E-state index in [0.717, 1.165) is 18.0 Å². The van der Waals surface area contributed by atoms with Gasteiger partial charge in [0.15, 0.2) is 5.78 Å². The topological polar surface area (TPSA) is 20.3 Å². The summed E-state index contributed by atoms with van der Waals surface area (Å²) in [6.07, 6.45) is 6.79. The number of ketones is 1. The third-order valence-corrected chi connectivity index (χ3v) is 4.61. The van der Waals surface area contributed by atoms with Crippen molar-refractivity contribution in [2.24, 2.45) is 5.92 Å². The van der Waals surface area contributed by atoms with E-state index >= 15 is 0 Å². The zero-order valence-electron chi connectivity index (χ0n) is 13.8. The van der Waals surface area contributed by atoms with Gasteiger partial charge in [0.25, 0.3) is 0 Å². The number of likely N-dealkylation sites (N-methyl/N-ethyl adjacent to an activating group) is 1. The van der Waals surface area contributed by atoms with Gasteiger partial charge in [-0.05, 0) is 37.3 Å². The molecule has 0 heterocycles. The van der Waals surface area contributed by atoms with Crippen molar-refractivity contribution in [3.05, 3.63) is 35.4 Å². The Kier molecular flexibility index (Phi) is 5.98. The van der Waals surface area contributed by atoms with Crippen LogP contribution in [-0.2, 0) is 0 Å². The van der Waals surface area contributed by atoms with Gasteiger partial charge in [-0.15, -0.1) is 0 Å². The normalized spacial score (nSPS) is 16.6. The molecule has 1 saturated carbocycles. The maximum absolute atomic E-state index is 12.3. The Morgan fingerprint density at radius 2 is 1.76 bits per heavy atom. The summed E-state index contributed by atoms with van der Waals surface area (Å²) in [6.45, 7) is 5.96. The first-order valence-corrected chi connectivity index (χ1v) is 8.38. The van der Waals surface area contributed by atoms with E-state index in [-0.39, 0.29) is 5.78 Å². The number of rotatable bonds is 6. The van der Waals surface area contributed by atoms with Crippen molar-refractivity contribution in [3.8, 4) is 0 Å². The van der Waals surface area contributed by atoms with Crippen molar-refractivity contribution in [2.45, 2.75) is 51.9 Å². The van der Waals surface area contributed by atoms with Crippen LogP contribution < -0.4 is 0 Å². The zero-order valence-corrected chi connectivity index (χ0v) is 13.8.